The van der Waals surface area contributed by atoms with Crippen molar-refractivity contribution in [3.63, 3.8) is 0 Å². The number of nitrogens with zero attached hydrogens (tertiary/aromatic N) is 2. The summed E-state index contributed by atoms with van der Waals surface area (Å²) in [5.74, 6) is 0.493. The van der Waals surface area contributed by atoms with Crippen LogP contribution in [0.25, 0.3) is 0 Å². The summed E-state index contributed by atoms with van der Waals surface area (Å²) in [6.45, 7) is 3.01. The van der Waals surface area contributed by atoms with Gasteiger partial charge in [-0.15, -0.1) is 0 Å². The van der Waals surface area contributed by atoms with Gasteiger partial charge in [0.2, 0.25) is 11.8 Å². The molecule has 1 unspecified atom stereocenters. The smallest absolute Gasteiger partial charge is 0.255 e. The van der Waals surface area contributed by atoms with Gasteiger partial charge in [-0.25, -0.2) is 0 Å². The molecule has 0 radical (unpaired) electrons. The largest absolute Gasteiger partial charge is 0.365 e. The minimum atomic E-state index is -0.586. The van der Waals surface area contributed by atoms with Crippen molar-refractivity contribution in [1.29, 1.82) is 0 Å². The number of piperidine rings is 2. The number of carbonyl (C=O) groups excluding carboxylic acids is 3. The summed E-state index contributed by atoms with van der Waals surface area (Å²) in [5, 5.41) is 16.6. The van der Waals surface area contributed by atoms with Crippen LogP contribution in [0.2, 0.25) is 0 Å². The topological polar surface area (TPSA) is 119 Å². The maximum Gasteiger partial charge on any atom is 0.255 e. The lowest BCUT2D eigenvalue weighted by Crippen LogP contribution is -2.52. The van der Waals surface area contributed by atoms with Gasteiger partial charge in [0.05, 0.1) is 0 Å². The van der Waals surface area contributed by atoms with E-state index in [4.69, 9.17) is 0 Å². The second kappa shape index (κ2) is 8.14. The summed E-state index contributed by atoms with van der Waals surface area (Å²) in [5.41, 5.74) is 3.67. The Hall–Kier alpha value is -3.20. The zero-order valence-corrected chi connectivity index (χ0v) is 17.2. The Kier molecular flexibility index (Phi) is 5.19. The Morgan fingerprint density at radius 2 is 1.94 bits per heavy atom. The molecule has 5 rings (SSSR count). The molecule has 1 aromatic carbocycles. The molecule has 2 saturated heterocycles. The number of H-pyrrole nitrogens is 1. The molecule has 1 atom stereocenters. The quantitative estimate of drug-likeness (QED) is 0.539. The van der Waals surface area contributed by atoms with E-state index in [1.807, 2.05) is 18.2 Å². The maximum atomic E-state index is 12.9. The number of imide groups is 1. The highest BCUT2D eigenvalue weighted by atomic mass is 16.2. The molecule has 9 heteroatoms. The number of nitrogens with one attached hydrogen (secondary N) is 4. The number of fused-ring (bicyclic) bond motifs is 1. The SMILES string of the molecule is O=C1CCC(N2Cc3ccc(CNc4cc(C5CCNCC5)[nH]n4)cc3C2=O)C(=O)N1. The van der Waals surface area contributed by atoms with E-state index >= 15 is 0 Å². The number of aromatic amines is 1. The van der Waals surface area contributed by atoms with Gasteiger partial charge < -0.3 is 15.5 Å². The van der Waals surface area contributed by atoms with Crippen LogP contribution in [0.5, 0.6) is 0 Å². The van der Waals surface area contributed by atoms with Crippen molar-refractivity contribution in [2.24, 2.45) is 0 Å². The first-order valence-electron chi connectivity index (χ1n) is 10.8. The zero-order chi connectivity index (χ0) is 21.4. The Labute approximate surface area is 180 Å². The number of anilines is 1. The van der Waals surface area contributed by atoms with Crippen LogP contribution in [0.3, 0.4) is 0 Å². The standard InChI is InChI=1S/C22H26N6O3/c29-20-4-3-18(21(30)25-20)28-12-15-2-1-13(9-16(15)22(28)31)11-24-19-10-17(26-27-19)14-5-7-23-8-6-14/h1-2,9-10,14,18,23H,3-8,11-12H2,(H2,24,26,27)(H,25,29,30). The van der Waals surface area contributed by atoms with Crippen molar-refractivity contribution in [2.75, 3.05) is 18.4 Å². The molecule has 0 spiro atoms. The van der Waals surface area contributed by atoms with Gasteiger partial charge in [0, 0.05) is 42.8 Å². The average Bonchev–Trinajstić information content (AvgIpc) is 3.38. The fraction of sp³-hybridized carbons (Fsp3) is 0.455. The summed E-state index contributed by atoms with van der Waals surface area (Å²) in [4.78, 5) is 38.1. The van der Waals surface area contributed by atoms with Gasteiger partial charge in [-0.3, -0.25) is 24.8 Å². The van der Waals surface area contributed by atoms with Gasteiger partial charge in [0.15, 0.2) is 0 Å². The van der Waals surface area contributed by atoms with E-state index in [0.29, 0.717) is 31.0 Å². The van der Waals surface area contributed by atoms with E-state index in [-0.39, 0.29) is 24.1 Å². The maximum absolute atomic E-state index is 12.9. The molecule has 3 amide bonds. The molecule has 31 heavy (non-hydrogen) atoms. The van der Waals surface area contributed by atoms with Crippen molar-refractivity contribution in [2.45, 2.75) is 50.7 Å². The summed E-state index contributed by atoms with van der Waals surface area (Å²) < 4.78 is 0. The van der Waals surface area contributed by atoms with Crippen LogP contribution in [0.4, 0.5) is 5.82 Å². The molecule has 1 aromatic heterocycles. The second-order valence-corrected chi connectivity index (χ2v) is 8.48. The van der Waals surface area contributed by atoms with Crippen LogP contribution < -0.4 is 16.0 Å². The minimum absolute atomic E-state index is 0.153. The van der Waals surface area contributed by atoms with Gasteiger partial charge in [0.25, 0.3) is 5.91 Å². The van der Waals surface area contributed by atoms with Crippen LogP contribution in [0.15, 0.2) is 24.3 Å². The van der Waals surface area contributed by atoms with Crippen LogP contribution in [-0.2, 0) is 22.7 Å². The number of amides is 3. The first kappa shape index (κ1) is 19.7. The summed E-state index contributed by atoms with van der Waals surface area (Å²) >= 11 is 0. The van der Waals surface area contributed by atoms with E-state index < -0.39 is 6.04 Å². The predicted molar refractivity (Wildman–Crippen MR) is 113 cm³/mol. The predicted octanol–water partition coefficient (Wildman–Crippen LogP) is 1.25. The average molecular weight is 422 g/mol. The van der Waals surface area contributed by atoms with Crippen LogP contribution in [0, 0.1) is 0 Å². The molecule has 3 aliphatic heterocycles. The van der Waals surface area contributed by atoms with Crippen LogP contribution in [-0.4, -0.2) is 52.0 Å². The van der Waals surface area contributed by atoms with E-state index in [0.717, 1.165) is 48.6 Å². The lowest BCUT2D eigenvalue weighted by Gasteiger charge is -2.29. The van der Waals surface area contributed by atoms with E-state index in [1.165, 1.54) is 0 Å². The van der Waals surface area contributed by atoms with Gasteiger partial charge in [-0.1, -0.05) is 12.1 Å². The van der Waals surface area contributed by atoms with E-state index in [9.17, 15) is 14.4 Å². The highest BCUT2D eigenvalue weighted by molar-refractivity contribution is 6.05. The van der Waals surface area contributed by atoms with Gasteiger partial charge >= 0.3 is 0 Å². The fourth-order valence-electron chi connectivity index (χ4n) is 4.67. The fourth-order valence-corrected chi connectivity index (χ4v) is 4.67. The van der Waals surface area contributed by atoms with Gasteiger partial charge in [0.1, 0.15) is 11.9 Å². The highest BCUT2D eigenvalue weighted by Gasteiger charge is 2.39. The number of hydrogen-bond acceptors (Lipinski definition) is 6. The van der Waals surface area contributed by atoms with E-state index in [1.54, 1.807) is 4.90 Å². The van der Waals surface area contributed by atoms with Crippen molar-refractivity contribution >= 4 is 23.5 Å². The highest BCUT2D eigenvalue weighted by Crippen LogP contribution is 2.29. The minimum Gasteiger partial charge on any atom is -0.365 e. The molecule has 2 aromatic rings. The molecule has 3 aliphatic rings. The molecule has 2 fully saturated rings. The number of hydrogen-bond donors (Lipinski definition) is 4. The van der Waals surface area contributed by atoms with Crippen LogP contribution >= 0.6 is 0 Å². The van der Waals surface area contributed by atoms with Crippen molar-refractivity contribution in [1.82, 2.24) is 25.7 Å². The Balaban J connectivity index is 1.23. The number of carbonyl (C=O) groups is 3. The first-order valence-corrected chi connectivity index (χ1v) is 10.8. The molecule has 9 nitrogen and oxygen atoms in total. The van der Waals surface area contributed by atoms with Gasteiger partial charge in [-0.2, -0.15) is 5.10 Å². The molecule has 162 valence electrons. The molecule has 4 N–H and O–H groups in total. The molecule has 0 bridgehead atoms. The third kappa shape index (κ3) is 3.93. The number of rotatable bonds is 5. The number of aromatic nitrogens is 2. The molecule has 4 heterocycles. The summed E-state index contributed by atoms with van der Waals surface area (Å²) in [6, 6.07) is 7.31. The Bertz CT molecular complexity index is 1030. The number of benzene rings is 1. The van der Waals surface area contributed by atoms with Crippen molar-refractivity contribution in [3.05, 3.63) is 46.6 Å². The summed E-state index contributed by atoms with van der Waals surface area (Å²) in [7, 11) is 0. The monoisotopic (exact) mass is 422 g/mol. The van der Waals surface area contributed by atoms with Crippen molar-refractivity contribution in [3.8, 4) is 0 Å². The molecular weight excluding hydrogens is 396 g/mol. The second-order valence-electron chi connectivity index (χ2n) is 8.48. The Morgan fingerprint density at radius 1 is 1.10 bits per heavy atom. The first-order chi connectivity index (χ1) is 15.1. The molecule has 0 aliphatic carbocycles. The third-order valence-electron chi connectivity index (χ3n) is 6.44. The van der Waals surface area contributed by atoms with Crippen molar-refractivity contribution < 1.29 is 14.4 Å². The lowest BCUT2D eigenvalue weighted by molar-refractivity contribution is -0.136. The molecular formula is C22H26N6O3. The van der Waals surface area contributed by atoms with Gasteiger partial charge in [-0.05, 0) is 49.5 Å². The molecule has 0 saturated carbocycles. The Morgan fingerprint density at radius 3 is 2.74 bits per heavy atom. The summed E-state index contributed by atoms with van der Waals surface area (Å²) in [6.07, 6.45) is 2.85. The van der Waals surface area contributed by atoms with E-state index in [2.05, 4.69) is 32.2 Å². The van der Waals surface area contributed by atoms with Crippen LogP contribution in [0.1, 0.15) is 58.8 Å². The third-order valence-corrected chi connectivity index (χ3v) is 6.44. The zero-order valence-electron chi connectivity index (χ0n) is 17.2. The lowest BCUT2D eigenvalue weighted by atomic mass is 9.95. The normalized spacial score (nSPS) is 21.9.